The van der Waals surface area contributed by atoms with E-state index < -0.39 is 5.97 Å². The minimum atomic E-state index is -0.700. The van der Waals surface area contributed by atoms with E-state index in [2.05, 4.69) is 32.9 Å². The Morgan fingerprint density at radius 3 is 2.62 bits per heavy atom. The van der Waals surface area contributed by atoms with Gasteiger partial charge in [0.2, 0.25) is 0 Å². The molecule has 1 aliphatic rings. The minimum absolute atomic E-state index is 0.167. The highest BCUT2D eigenvalue weighted by atomic mass is 16.4. The van der Waals surface area contributed by atoms with Crippen molar-refractivity contribution in [3.05, 3.63) is 34.4 Å². The summed E-state index contributed by atoms with van der Waals surface area (Å²) in [4.78, 5) is 10.9. The van der Waals surface area contributed by atoms with E-state index in [-0.39, 0.29) is 11.8 Å². The summed E-state index contributed by atoms with van der Waals surface area (Å²) in [5.74, 6) is -0.700. The second-order valence-corrected chi connectivity index (χ2v) is 5.22. The third-order valence-electron chi connectivity index (χ3n) is 3.86. The molecule has 0 aliphatic heterocycles. The number of aryl methyl sites for hydroxylation is 3. The van der Waals surface area contributed by atoms with Crippen LogP contribution in [-0.2, 0) is 16.6 Å². The average Bonchev–Trinajstić information content (AvgIpc) is 2.45. The van der Waals surface area contributed by atoms with Crippen LogP contribution in [0, 0.1) is 13.8 Å². The van der Waals surface area contributed by atoms with Crippen molar-refractivity contribution in [2.24, 2.45) is 0 Å². The van der Waals surface area contributed by atoms with Gasteiger partial charge in [0.1, 0.15) is 0 Å². The molecule has 0 bridgehead atoms. The number of carboxylic acids is 1. The zero-order chi connectivity index (χ0) is 11.9. The highest BCUT2D eigenvalue weighted by Gasteiger charge is 2.36. The number of benzene rings is 1. The second kappa shape index (κ2) is 3.62. The van der Waals surface area contributed by atoms with Crippen molar-refractivity contribution in [1.82, 2.24) is 0 Å². The van der Waals surface area contributed by atoms with Gasteiger partial charge >= 0.3 is 5.97 Å². The van der Waals surface area contributed by atoms with Crippen molar-refractivity contribution in [2.75, 3.05) is 0 Å². The van der Waals surface area contributed by atoms with Crippen molar-refractivity contribution in [1.29, 1.82) is 0 Å². The Labute approximate surface area is 96.3 Å². The van der Waals surface area contributed by atoms with Crippen LogP contribution in [0.2, 0.25) is 0 Å². The molecule has 0 saturated carbocycles. The summed E-state index contributed by atoms with van der Waals surface area (Å²) in [7, 11) is 0. The van der Waals surface area contributed by atoms with Gasteiger partial charge in [-0.1, -0.05) is 19.1 Å². The third-order valence-corrected chi connectivity index (χ3v) is 3.86. The maximum atomic E-state index is 10.9. The van der Waals surface area contributed by atoms with E-state index in [1.807, 2.05) is 0 Å². The third kappa shape index (κ3) is 1.73. The molecule has 86 valence electrons. The highest BCUT2D eigenvalue weighted by Crippen LogP contribution is 2.42. The smallest absolute Gasteiger partial charge is 0.304 e. The maximum absolute atomic E-state index is 10.9. The minimum Gasteiger partial charge on any atom is -0.481 e. The molecule has 1 aromatic rings. The number of hydrogen-bond acceptors (Lipinski definition) is 1. The van der Waals surface area contributed by atoms with E-state index in [4.69, 9.17) is 5.11 Å². The van der Waals surface area contributed by atoms with E-state index in [9.17, 15) is 4.79 Å². The molecule has 2 heteroatoms. The lowest BCUT2D eigenvalue weighted by Gasteiger charge is -2.23. The highest BCUT2D eigenvalue weighted by molar-refractivity contribution is 5.69. The lowest BCUT2D eigenvalue weighted by molar-refractivity contribution is -0.138. The van der Waals surface area contributed by atoms with Gasteiger partial charge in [-0.15, -0.1) is 0 Å². The summed E-state index contributed by atoms with van der Waals surface area (Å²) in [6.07, 6.45) is 2.21. The van der Waals surface area contributed by atoms with E-state index in [1.165, 1.54) is 22.3 Å². The molecule has 1 aromatic carbocycles. The number of fused-ring (bicyclic) bond motifs is 1. The molecule has 0 fully saturated rings. The van der Waals surface area contributed by atoms with Crippen molar-refractivity contribution >= 4 is 5.97 Å². The Balaban J connectivity index is 2.46. The summed E-state index contributed by atoms with van der Waals surface area (Å²) in [5.41, 5.74) is 4.99. The summed E-state index contributed by atoms with van der Waals surface area (Å²) in [6, 6.07) is 4.40. The van der Waals surface area contributed by atoms with Crippen LogP contribution in [0.3, 0.4) is 0 Å². The molecule has 1 aliphatic carbocycles. The maximum Gasteiger partial charge on any atom is 0.304 e. The SMILES string of the molecule is Cc1cc2c(cc1C)C(C)(CC(=O)O)CC2. The van der Waals surface area contributed by atoms with Gasteiger partial charge in [0, 0.05) is 5.41 Å². The van der Waals surface area contributed by atoms with Gasteiger partial charge < -0.3 is 5.11 Å². The Kier molecular flexibility index (Phi) is 2.53. The first kappa shape index (κ1) is 11.2. The predicted octanol–water partition coefficient (Wildman–Crippen LogP) is 2.98. The summed E-state index contributed by atoms with van der Waals surface area (Å²) in [6.45, 7) is 6.28. The molecular weight excluding hydrogens is 200 g/mol. The Morgan fingerprint density at radius 1 is 1.38 bits per heavy atom. The van der Waals surface area contributed by atoms with Crippen molar-refractivity contribution in [3.8, 4) is 0 Å². The van der Waals surface area contributed by atoms with Gasteiger partial charge in [0.25, 0.3) is 0 Å². The summed E-state index contributed by atoms with van der Waals surface area (Å²) in [5, 5.41) is 8.99. The molecular formula is C14H18O2. The fraction of sp³-hybridized carbons (Fsp3) is 0.500. The van der Waals surface area contributed by atoms with E-state index >= 15 is 0 Å². The van der Waals surface area contributed by atoms with Crippen LogP contribution in [0.1, 0.15) is 42.0 Å². The molecule has 0 spiro atoms. The zero-order valence-corrected chi connectivity index (χ0v) is 10.1. The molecule has 16 heavy (non-hydrogen) atoms. The van der Waals surface area contributed by atoms with Gasteiger partial charge in [0.05, 0.1) is 6.42 Å². The van der Waals surface area contributed by atoms with Gasteiger partial charge in [-0.05, 0) is 48.9 Å². The number of hydrogen-bond donors (Lipinski definition) is 1. The summed E-state index contributed by atoms with van der Waals surface area (Å²) >= 11 is 0. The van der Waals surface area contributed by atoms with Gasteiger partial charge in [-0.25, -0.2) is 0 Å². The molecule has 1 unspecified atom stereocenters. The standard InChI is InChI=1S/C14H18O2/c1-9-6-11-4-5-14(3,8-13(15)16)12(11)7-10(9)2/h6-7H,4-5,8H2,1-3H3,(H,15,16). The summed E-state index contributed by atoms with van der Waals surface area (Å²) < 4.78 is 0. The van der Waals surface area contributed by atoms with Crippen LogP contribution in [0.5, 0.6) is 0 Å². The molecule has 0 aromatic heterocycles. The van der Waals surface area contributed by atoms with Crippen molar-refractivity contribution < 1.29 is 9.90 Å². The molecule has 2 rings (SSSR count). The van der Waals surface area contributed by atoms with E-state index in [0.29, 0.717) is 0 Å². The quantitative estimate of drug-likeness (QED) is 0.828. The molecule has 0 amide bonds. The normalized spacial score (nSPS) is 23.2. The monoisotopic (exact) mass is 218 g/mol. The van der Waals surface area contributed by atoms with Gasteiger partial charge in [0.15, 0.2) is 0 Å². The first-order chi connectivity index (χ1) is 7.42. The van der Waals surface area contributed by atoms with Crippen molar-refractivity contribution in [3.63, 3.8) is 0 Å². The average molecular weight is 218 g/mol. The van der Waals surface area contributed by atoms with Crippen LogP contribution >= 0.6 is 0 Å². The fourth-order valence-electron chi connectivity index (χ4n) is 2.71. The molecule has 0 saturated heterocycles. The number of aliphatic carboxylic acids is 1. The fourth-order valence-corrected chi connectivity index (χ4v) is 2.71. The van der Waals surface area contributed by atoms with Gasteiger partial charge in [-0.3, -0.25) is 4.79 Å². The first-order valence-electron chi connectivity index (χ1n) is 5.75. The topological polar surface area (TPSA) is 37.3 Å². The van der Waals surface area contributed by atoms with Crippen molar-refractivity contribution in [2.45, 2.75) is 45.4 Å². The van der Waals surface area contributed by atoms with Crippen LogP contribution in [0.25, 0.3) is 0 Å². The number of rotatable bonds is 2. The lowest BCUT2D eigenvalue weighted by atomic mass is 9.80. The van der Waals surface area contributed by atoms with Crippen LogP contribution in [0.4, 0.5) is 0 Å². The largest absolute Gasteiger partial charge is 0.481 e. The molecule has 1 atom stereocenters. The zero-order valence-electron chi connectivity index (χ0n) is 10.1. The van der Waals surface area contributed by atoms with Gasteiger partial charge in [-0.2, -0.15) is 0 Å². The number of carboxylic acid groups (broad SMARTS) is 1. The van der Waals surface area contributed by atoms with E-state index in [0.717, 1.165) is 12.8 Å². The number of carbonyl (C=O) groups is 1. The predicted molar refractivity (Wildman–Crippen MR) is 63.8 cm³/mol. The van der Waals surface area contributed by atoms with Crippen LogP contribution in [0.15, 0.2) is 12.1 Å². The lowest BCUT2D eigenvalue weighted by Crippen LogP contribution is -2.22. The Bertz CT molecular complexity index is 448. The van der Waals surface area contributed by atoms with Crippen LogP contribution in [-0.4, -0.2) is 11.1 Å². The molecule has 1 N–H and O–H groups in total. The molecule has 0 heterocycles. The second-order valence-electron chi connectivity index (χ2n) is 5.22. The first-order valence-corrected chi connectivity index (χ1v) is 5.75. The Hall–Kier alpha value is -1.31. The van der Waals surface area contributed by atoms with Crippen LogP contribution < -0.4 is 0 Å². The molecule has 0 radical (unpaired) electrons. The molecule has 2 nitrogen and oxygen atoms in total. The van der Waals surface area contributed by atoms with E-state index in [1.54, 1.807) is 0 Å². The Morgan fingerprint density at radius 2 is 2.00 bits per heavy atom.